The lowest BCUT2D eigenvalue weighted by Crippen LogP contribution is -2.09. The van der Waals surface area contributed by atoms with Gasteiger partial charge in [0.1, 0.15) is 16.2 Å². The molecule has 0 atom stereocenters. The van der Waals surface area contributed by atoms with E-state index in [1.165, 1.54) is 37.4 Å². The zero-order chi connectivity index (χ0) is 32.3. The van der Waals surface area contributed by atoms with E-state index in [4.69, 9.17) is 9.40 Å². The summed E-state index contributed by atoms with van der Waals surface area (Å²) >= 11 is 1.77. The Labute approximate surface area is 286 Å². The first-order valence-electron chi connectivity index (χ1n) is 16.5. The van der Waals surface area contributed by atoms with Crippen molar-refractivity contribution in [3.8, 4) is 21.7 Å². The van der Waals surface area contributed by atoms with Crippen LogP contribution in [0.5, 0.6) is 0 Å². The van der Waals surface area contributed by atoms with Crippen molar-refractivity contribution in [3.63, 3.8) is 0 Å². The summed E-state index contributed by atoms with van der Waals surface area (Å²) in [7, 11) is 0. The van der Waals surface area contributed by atoms with Crippen LogP contribution in [0, 0.1) is 0 Å². The number of rotatable bonds is 5. The summed E-state index contributed by atoms with van der Waals surface area (Å²) in [6, 6.07) is 60.2. The van der Waals surface area contributed by atoms with Gasteiger partial charge in [-0.3, -0.25) is 0 Å². The summed E-state index contributed by atoms with van der Waals surface area (Å²) in [5, 5.41) is 8.20. The van der Waals surface area contributed by atoms with E-state index in [2.05, 4.69) is 163 Å². The van der Waals surface area contributed by atoms with Gasteiger partial charge in [0.05, 0.1) is 10.2 Å². The molecule has 0 N–H and O–H groups in total. The van der Waals surface area contributed by atoms with Crippen molar-refractivity contribution in [1.29, 1.82) is 0 Å². The van der Waals surface area contributed by atoms with Crippen LogP contribution >= 0.6 is 11.3 Å². The number of furan rings is 1. The molecule has 2 aromatic heterocycles. The molecule has 0 fully saturated rings. The first-order valence-corrected chi connectivity index (χ1v) is 17.3. The summed E-state index contributed by atoms with van der Waals surface area (Å²) in [5.41, 5.74) is 9.56. The molecule has 0 bridgehead atoms. The molecule has 0 saturated carbocycles. The van der Waals surface area contributed by atoms with Crippen molar-refractivity contribution in [2.75, 3.05) is 4.90 Å². The van der Waals surface area contributed by atoms with Gasteiger partial charge in [0, 0.05) is 44.2 Å². The van der Waals surface area contributed by atoms with Crippen LogP contribution in [0.1, 0.15) is 0 Å². The first-order chi connectivity index (χ1) is 24.3. The molecule has 49 heavy (non-hydrogen) atoms. The molecule has 8 aromatic carbocycles. The first kappa shape index (κ1) is 27.8. The highest BCUT2D eigenvalue weighted by atomic mass is 32.1. The Morgan fingerprint density at radius 3 is 1.67 bits per heavy atom. The predicted molar refractivity (Wildman–Crippen MR) is 207 cm³/mol. The third kappa shape index (κ3) is 4.61. The summed E-state index contributed by atoms with van der Waals surface area (Å²) in [4.78, 5) is 7.56. The average molecular weight is 645 g/mol. The minimum atomic E-state index is 0.885. The largest absolute Gasteiger partial charge is 0.456 e. The molecule has 2 heterocycles. The Kier molecular flexibility index (Phi) is 6.36. The van der Waals surface area contributed by atoms with E-state index in [-0.39, 0.29) is 0 Å². The standard InChI is InChI=1S/C45H28N2OS/c1-2-10-29(11-3-1)30-18-22-32(23-19-30)47(34-26-27-42-40(28-34)37-14-8-9-17-41(37)48-42)33-24-20-31(21-25-33)45-46-43-38-15-6-4-12-35(38)36-13-5-7-16-39(36)44(43)49-45/h1-28H. The molecule has 0 saturated heterocycles. The monoisotopic (exact) mass is 644 g/mol. The van der Waals surface area contributed by atoms with Crippen LogP contribution in [-0.4, -0.2) is 4.98 Å². The minimum Gasteiger partial charge on any atom is -0.456 e. The predicted octanol–water partition coefficient (Wildman–Crippen LogP) is 13.3. The molecule has 3 nitrogen and oxygen atoms in total. The number of para-hydroxylation sites is 1. The fraction of sp³-hybridized carbons (Fsp3) is 0. The van der Waals surface area contributed by atoms with Gasteiger partial charge in [0.15, 0.2) is 0 Å². The molecular weight excluding hydrogens is 617 g/mol. The Balaban J connectivity index is 1.10. The normalized spacial score (nSPS) is 11.7. The fourth-order valence-corrected chi connectivity index (χ4v) is 8.26. The van der Waals surface area contributed by atoms with Crippen LogP contribution in [0.15, 0.2) is 174 Å². The van der Waals surface area contributed by atoms with Crippen LogP contribution in [0.25, 0.3) is 75.4 Å². The van der Waals surface area contributed by atoms with Gasteiger partial charge in [0.2, 0.25) is 0 Å². The average Bonchev–Trinajstić information content (AvgIpc) is 3.79. The molecule has 0 radical (unpaired) electrons. The van der Waals surface area contributed by atoms with Gasteiger partial charge in [-0.1, -0.05) is 109 Å². The van der Waals surface area contributed by atoms with Crippen LogP contribution in [0.2, 0.25) is 0 Å². The van der Waals surface area contributed by atoms with E-state index < -0.39 is 0 Å². The van der Waals surface area contributed by atoms with Crippen molar-refractivity contribution in [1.82, 2.24) is 4.98 Å². The smallest absolute Gasteiger partial charge is 0.135 e. The van der Waals surface area contributed by atoms with E-state index in [9.17, 15) is 0 Å². The molecule has 230 valence electrons. The molecule has 0 aliphatic heterocycles. The highest BCUT2D eigenvalue weighted by Gasteiger charge is 2.18. The van der Waals surface area contributed by atoms with Crippen molar-refractivity contribution in [2.45, 2.75) is 0 Å². The van der Waals surface area contributed by atoms with Crippen LogP contribution in [-0.2, 0) is 0 Å². The molecule has 0 amide bonds. The molecule has 10 rings (SSSR count). The number of nitrogens with zero attached hydrogens (tertiary/aromatic N) is 2. The van der Waals surface area contributed by atoms with Gasteiger partial charge in [0.25, 0.3) is 0 Å². The highest BCUT2D eigenvalue weighted by molar-refractivity contribution is 7.22. The third-order valence-corrected chi connectivity index (χ3v) is 10.6. The SMILES string of the molecule is c1ccc(-c2ccc(N(c3ccc(-c4nc5c6ccccc6c6ccccc6c5s4)cc3)c3ccc4oc5ccccc5c4c3)cc2)cc1. The van der Waals surface area contributed by atoms with Crippen molar-refractivity contribution >= 4 is 82.1 Å². The Morgan fingerprint density at radius 1 is 0.408 bits per heavy atom. The third-order valence-electron chi connectivity index (χ3n) is 9.49. The molecule has 4 heteroatoms. The van der Waals surface area contributed by atoms with Gasteiger partial charge >= 0.3 is 0 Å². The minimum absolute atomic E-state index is 0.885. The second-order valence-electron chi connectivity index (χ2n) is 12.4. The lowest BCUT2D eigenvalue weighted by molar-refractivity contribution is 0.669. The zero-order valence-corrected chi connectivity index (χ0v) is 27.2. The second kappa shape index (κ2) is 11.2. The lowest BCUT2D eigenvalue weighted by Gasteiger charge is -2.26. The fourth-order valence-electron chi connectivity index (χ4n) is 7.14. The van der Waals surface area contributed by atoms with Crippen molar-refractivity contribution in [2.24, 2.45) is 0 Å². The number of anilines is 3. The molecule has 0 spiro atoms. The van der Waals surface area contributed by atoms with Gasteiger partial charge in [-0.25, -0.2) is 4.98 Å². The summed E-state index contributed by atoms with van der Waals surface area (Å²) < 4.78 is 7.41. The summed E-state index contributed by atoms with van der Waals surface area (Å²) in [5.74, 6) is 0. The Bertz CT molecular complexity index is 2740. The van der Waals surface area contributed by atoms with Gasteiger partial charge in [-0.2, -0.15) is 0 Å². The topological polar surface area (TPSA) is 29.3 Å². The Hall–Kier alpha value is -6.23. The molecule has 0 unspecified atom stereocenters. The zero-order valence-electron chi connectivity index (χ0n) is 26.4. The maximum absolute atomic E-state index is 6.18. The highest BCUT2D eigenvalue weighted by Crippen LogP contribution is 2.43. The quantitative estimate of drug-likeness (QED) is 0.175. The number of benzene rings is 8. The number of aromatic nitrogens is 1. The maximum Gasteiger partial charge on any atom is 0.135 e. The second-order valence-corrected chi connectivity index (χ2v) is 13.4. The van der Waals surface area contributed by atoms with Crippen LogP contribution < -0.4 is 4.90 Å². The van der Waals surface area contributed by atoms with Crippen molar-refractivity contribution < 1.29 is 4.42 Å². The summed E-state index contributed by atoms with van der Waals surface area (Å²) in [6.07, 6.45) is 0. The van der Waals surface area contributed by atoms with Crippen LogP contribution in [0.3, 0.4) is 0 Å². The molecule has 0 aliphatic carbocycles. The van der Waals surface area contributed by atoms with E-state index >= 15 is 0 Å². The van der Waals surface area contributed by atoms with E-state index in [0.717, 1.165) is 55.1 Å². The summed E-state index contributed by atoms with van der Waals surface area (Å²) in [6.45, 7) is 0. The van der Waals surface area contributed by atoms with E-state index in [0.29, 0.717) is 0 Å². The number of hydrogen-bond donors (Lipinski definition) is 0. The van der Waals surface area contributed by atoms with E-state index in [1.807, 2.05) is 12.1 Å². The number of thiazole rings is 1. The number of hydrogen-bond acceptors (Lipinski definition) is 4. The lowest BCUT2D eigenvalue weighted by atomic mass is 10.0. The van der Waals surface area contributed by atoms with Gasteiger partial charge in [-0.15, -0.1) is 11.3 Å². The van der Waals surface area contributed by atoms with Gasteiger partial charge < -0.3 is 9.32 Å². The van der Waals surface area contributed by atoms with E-state index in [1.54, 1.807) is 11.3 Å². The molecule has 0 aliphatic rings. The van der Waals surface area contributed by atoms with Crippen LogP contribution in [0.4, 0.5) is 17.1 Å². The number of fused-ring (bicyclic) bond motifs is 9. The Morgan fingerprint density at radius 2 is 0.939 bits per heavy atom. The van der Waals surface area contributed by atoms with Gasteiger partial charge in [-0.05, 0) is 82.6 Å². The maximum atomic E-state index is 6.18. The molecular formula is C45H28N2OS. The van der Waals surface area contributed by atoms with Crippen molar-refractivity contribution in [3.05, 3.63) is 170 Å². The molecule has 10 aromatic rings.